The lowest BCUT2D eigenvalue weighted by atomic mass is 10.0. The van der Waals surface area contributed by atoms with Gasteiger partial charge in [0, 0.05) is 23.5 Å². The van der Waals surface area contributed by atoms with Crippen molar-refractivity contribution in [1.82, 2.24) is 9.55 Å². The normalized spacial score (nSPS) is 15.4. The van der Waals surface area contributed by atoms with Crippen LogP contribution in [0.3, 0.4) is 0 Å². The highest BCUT2D eigenvalue weighted by Crippen LogP contribution is 2.25. The van der Waals surface area contributed by atoms with E-state index >= 15 is 0 Å². The van der Waals surface area contributed by atoms with E-state index in [0.29, 0.717) is 0 Å². The van der Waals surface area contributed by atoms with E-state index in [9.17, 15) is 4.79 Å². The lowest BCUT2D eigenvalue weighted by Crippen LogP contribution is -2.01. The van der Waals surface area contributed by atoms with Gasteiger partial charge < -0.3 is 4.57 Å². The molecule has 90 valence electrons. The van der Waals surface area contributed by atoms with Gasteiger partial charge in [0.15, 0.2) is 0 Å². The second-order valence-electron chi connectivity index (χ2n) is 4.63. The summed E-state index contributed by atoms with van der Waals surface area (Å²) in [5.41, 5.74) is 4.20. The Bertz CT molecular complexity index is 677. The highest BCUT2D eigenvalue weighted by Gasteiger charge is 2.10. The van der Waals surface area contributed by atoms with Gasteiger partial charge in [-0.15, -0.1) is 0 Å². The van der Waals surface area contributed by atoms with Crippen LogP contribution in [0, 0.1) is 6.92 Å². The third kappa shape index (κ3) is 1.78. The average Bonchev–Trinajstić information content (AvgIpc) is 2.81. The first-order chi connectivity index (χ1) is 8.78. The molecule has 0 aromatic carbocycles. The zero-order valence-electron chi connectivity index (χ0n) is 10.3. The van der Waals surface area contributed by atoms with Crippen LogP contribution in [0.1, 0.15) is 18.4 Å². The lowest BCUT2D eigenvalue weighted by molar-refractivity contribution is -0.105. The summed E-state index contributed by atoms with van der Waals surface area (Å²) < 4.78 is 2.10. The van der Waals surface area contributed by atoms with Crippen LogP contribution in [0.15, 0.2) is 42.3 Å². The van der Waals surface area contributed by atoms with E-state index in [-0.39, 0.29) is 0 Å². The zero-order valence-corrected chi connectivity index (χ0v) is 10.3. The van der Waals surface area contributed by atoms with Crippen molar-refractivity contribution >= 4 is 23.0 Å². The second-order valence-corrected chi connectivity index (χ2v) is 4.63. The molecule has 2 heterocycles. The summed E-state index contributed by atoms with van der Waals surface area (Å²) in [6.45, 7) is 2.04. The fourth-order valence-corrected chi connectivity index (χ4v) is 2.31. The van der Waals surface area contributed by atoms with Gasteiger partial charge in [0.2, 0.25) is 0 Å². The number of pyridine rings is 1. The van der Waals surface area contributed by atoms with Crippen LogP contribution in [-0.4, -0.2) is 15.8 Å². The van der Waals surface area contributed by atoms with Crippen LogP contribution in [0.5, 0.6) is 0 Å². The van der Waals surface area contributed by atoms with Gasteiger partial charge in [-0.25, -0.2) is 4.98 Å². The summed E-state index contributed by atoms with van der Waals surface area (Å²) in [6, 6.07) is 4.21. The summed E-state index contributed by atoms with van der Waals surface area (Å²) in [5, 5.41) is 1.15. The molecule has 0 fully saturated rings. The predicted octanol–water partition coefficient (Wildman–Crippen LogP) is 3.10. The van der Waals surface area contributed by atoms with E-state index in [1.54, 1.807) is 0 Å². The Hall–Kier alpha value is -2.16. The zero-order chi connectivity index (χ0) is 12.5. The average molecular weight is 238 g/mol. The molecule has 3 rings (SSSR count). The molecule has 18 heavy (non-hydrogen) atoms. The topological polar surface area (TPSA) is 34.9 Å². The van der Waals surface area contributed by atoms with Crippen molar-refractivity contribution in [3.8, 4) is 0 Å². The second kappa shape index (κ2) is 4.26. The van der Waals surface area contributed by atoms with E-state index in [1.807, 2.05) is 31.5 Å². The van der Waals surface area contributed by atoms with Crippen molar-refractivity contribution in [2.75, 3.05) is 0 Å². The fraction of sp³-hybridized carbons (Fsp3) is 0.200. The molecular weight excluding hydrogens is 224 g/mol. The van der Waals surface area contributed by atoms with Crippen molar-refractivity contribution in [2.24, 2.45) is 0 Å². The molecule has 0 N–H and O–H groups in total. The maximum atomic E-state index is 10.7. The van der Waals surface area contributed by atoms with Crippen LogP contribution in [0.4, 0.5) is 0 Å². The molecule has 0 saturated heterocycles. The van der Waals surface area contributed by atoms with E-state index in [0.717, 1.165) is 35.7 Å². The summed E-state index contributed by atoms with van der Waals surface area (Å²) in [7, 11) is 0. The highest BCUT2D eigenvalue weighted by molar-refractivity contribution is 5.82. The molecule has 0 atom stereocenters. The molecule has 0 radical (unpaired) electrons. The summed E-state index contributed by atoms with van der Waals surface area (Å²) in [4.78, 5) is 15.2. The molecule has 2 aromatic heterocycles. The van der Waals surface area contributed by atoms with E-state index in [1.165, 1.54) is 11.3 Å². The number of hydrogen-bond donors (Lipinski definition) is 0. The summed E-state index contributed by atoms with van der Waals surface area (Å²) in [5.74, 6) is 0. The first-order valence-corrected chi connectivity index (χ1v) is 6.07. The molecule has 2 aromatic rings. The number of rotatable bonds is 2. The molecule has 0 amide bonds. The van der Waals surface area contributed by atoms with Gasteiger partial charge in [-0.05, 0) is 49.1 Å². The quantitative estimate of drug-likeness (QED) is 0.753. The van der Waals surface area contributed by atoms with Gasteiger partial charge >= 0.3 is 0 Å². The smallest absolute Gasteiger partial charge is 0.146 e. The van der Waals surface area contributed by atoms with Crippen molar-refractivity contribution < 1.29 is 4.79 Å². The Morgan fingerprint density at radius 2 is 2.22 bits per heavy atom. The largest absolute Gasteiger partial charge is 0.305 e. The van der Waals surface area contributed by atoms with Crippen molar-refractivity contribution in [2.45, 2.75) is 19.8 Å². The van der Waals surface area contributed by atoms with E-state index in [4.69, 9.17) is 0 Å². The number of hydrogen-bond acceptors (Lipinski definition) is 2. The number of nitrogens with zero attached hydrogens (tertiary/aromatic N) is 2. The van der Waals surface area contributed by atoms with Gasteiger partial charge in [0.1, 0.15) is 11.9 Å². The molecular formula is C15H14N2O. The number of carbonyl (C=O) groups excluding carboxylic acids is 1. The minimum absolute atomic E-state index is 0.806. The molecule has 0 spiro atoms. The van der Waals surface area contributed by atoms with Crippen LogP contribution in [-0.2, 0) is 4.79 Å². The minimum atomic E-state index is 0.806. The van der Waals surface area contributed by atoms with E-state index < -0.39 is 0 Å². The summed E-state index contributed by atoms with van der Waals surface area (Å²) >= 11 is 0. The molecule has 1 aliphatic rings. The van der Waals surface area contributed by atoms with Crippen LogP contribution >= 0.6 is 0 Å². The number of allylic oxidation sites excluding steroid dienone is 4. The van der Waals surface area contributed by atoms with Gasteiger partial charge in [-0.2, -0.15) is 0 Å². The number of aldehydes is 1. The number of aromatic nitrogens is 2. The number of carbonyl (C=O) groups is 1. The molecule has 0 unspecified atom stereocenters. The fourth-order valence-electron chi connectivity index (χ4n) is 2.31. The number of fused-ring (bicyclic) bond motifs is 1. The third-order valence-electron chi connectivity index (χ3n) is 3.28. The molecule has 3 nitrogen and oxygen atoms in total. The lowest BCUT2D eigenvalue weighted by Gasteiger charge is -2.13. The Labute approximate surface area is 105 Å². The van der Waals surface area contributed by atoms with Crippen molar-refractivity contribution in [1.29, 1.82) is 0 Å². The minimum Gasteiger partial charge on any atom is -0.305 e. The van der Waals surface area contributed by atoms with Gasteiger partial charge in [-0.3, -0.25) is 4.79 Å². The predicted molar refractivity (Wildman–Crippen MR) is 72.1 cm³/mol. The van der Waals surface area contributed by atoms with Gasteiger partial charge in [-0.1, -0.05) is 6.08 Å². The molecule has 0 saturated carbocycles. The monoisotopic (exact) mass is 238 g/mol. The number of aryl methyl sites for hydroxylation is 1. The molecule has 1 aliphatic carbocycles. The SMILES string of the molecule is Cc1cnc2c(ccn2C2=CC=C(C=O)CC2)c1. The molecule has 0 bridgehead atoms. The van der Waals surface area contributed by atoms with Gasteiger partial charge in [0.05, 0.1) is 0 Å². The summed E-state index contributed by atoms with van der Waals surface area (Å²) in [6.07, 6.45) is 10.4. The molecule has 0 aliphatic heterocycles. The first-order valence-electron chi connectivity index (χ1n) is 6.07. The van der Waals surface area contributed by atoms with Crippen LogP contribution < -0.4 is 0 Å². The van der Waals surface area contributed by atoms with Crippen molar-refractivity contribution in [3.05, 3.63) is 47.8 Å². The van der Waals surface area contributed by atoms with Crippen LogP contribution in [0.2, 0.25) is 0 Å². The van der Waals surface area contributed by atoms with Crippen molar-refractivity contribution in [3.63, 3.8) is 0 Å². The highest BCUT2D eigenvalue weighted by atomic mass is 16.1. The Morgan fingerprint density at radius 3 is 2.94 bits per heavy atom. The maximum Gasteiger partial charge on any atom is 0.146 e. The maximum absolute atomic E-state index is 10.7. The Balaban J connectivity index is 2.08. The third-order valence-corrected chi connectivity index (χ3v) is 3.28. The van der Waals surface area contributed by atoms with Crippen LogP contribution in [0.25, 0.3) is 16.7 Å². The molecule has 3 heteroatoms. The standard InChI is InChI=1S/C15H14N2O/c1-11-8-13-6-7-17(15(13)16-9-11)14-4-2-12(10-18)3-5-14/h2,4,6-10H,3,5H2,1H3. The van der Waals surface area contributed by atoms with E-state index in [2.05, 4.69) is 21.7 Å². The Kier molecular flexibility index (Phi) is 2.59. The first kappa shape index (κ1) is 11.0. The van der Waals surface area contributed by atoms with Gasteiger partial charge in [0.25, 0.3) is 0 Å². The Morgan fingerprint density at radius 1 is 1.33 bits per heavy atom.